The average molecular weight is 316 g/mol. The number of piperidine rings is 1. The van der Waals surface area contributed by atoms with Crippen molar-refractivity contribution in [2.75, 3.05) is 33.4 Å². The maximum Gasteiger partial charge on any atom is 0.178 e. The Hall–Kier alpha value is -0.610. The van der Waals surface area contributed by atoms with Gasteiger partial charge in [-0.05, 0) is 50.0 Å². The summed E-state index contributed by atoms with van der Waals surface area (Å²) in [6.07, 6.45) is 2.15. The number of benzene rings is 1. The molecule has 2 rings (SSSR count). The Kier molecular flexibility index (Phi) is 5.85. The number of carbonyl (C=O) groups excluding carboxylic acids is 1. The number of ketones is 1. The van der Waals surface area contributed by atoms with E-state index in [4.69, 9.17) is 27.9 Å². The van der Waals surface area contributed by atoms with Crippen LogP contribution in [0.15, 0.2) is 18.2 Å². The van der Waals surface area contributed by atoms with Crippen molar-refractivity contribution in [1.82, 2.24) is 4.90 Å². The van der Waals surface area contributed by atoms with Crippen molar-refractivity contribution in [1.29, 1.82) is 0 Å². The van der Waals surface area contributed by atoms with Crippen molar-refractivity contribution < 1.29 is 9.53 Å². The summed E-state index contributed by atoms with van der Waals surface area (Å²) in [4.78, 5) is 14.5. The molecule has 1 fully saturated rings. The highest BCUT2D eigenvalue weighted by atomic mass is 35.5. The fourth-order valence-corrected chi connectivity index (χ4v) is 2.94. The van der Waals surface area contributed by atoms with E-state index in [1.807, 2.05) is 0 Å². The van der Waals surface area contributed by atoms with Gasteiger partial charge in [-0.2, -0.15) is 0 Å². The van der Waals surface area contributed by atoms with Crippen LogP contribution in [0.4, 0.5) is 0 Å². The van der Waals surface area contributed by atoms with Crippen LogP contribution in [0.2, 0.25) is 10.0 Å². The lowest BCUT2D eigenvalue weighted by molar-refractivity contribution is 0.0810. The van der Waals surface area contributed by atoms with Gasteiger partial charge in [0.25, 0.3) is 0 Å². The van der Waals surface area contributed by atoms with Crippen molar-refractivity contribution in [2.45, 2.75) is 12.8 Å². The van der Waals surface area contributed by atoms with Gasteiger partial charge >= 0.3 is 0 Å². The van der Waals surface area contributed by atoms with Crippen LogP contribution < -0.4 is 0 Å². The highest BCUT2D eigenvalue weighted by molar-refractivity contribution is 6.36. The van der Waals surface area contributed by atoms with E-state index in [1.165, 1.54) is 0 Å². The fourth-order valence-electron chi connectivity index (χ4n) is 2.55. The second-order valence-corrected chi connectivity index (χ2v) is 6.07. The van der Waals surface area contributed by atoms with Crippen LogP contribution >= 0.6 is 23.2 Å². The number of hydrogen-bond acceptors (Lipinski definition) is 3. The molecule has 1 aliphatic rings. The van der Waals surface area contributed by atoms with Gasteiger partial charge in [-0.25, -0.2) is 0 Å². The SMILES string of the molecule is COCC1CCN(CC(=O)c2cc(Cl)ccc2Cl)CC1. The fraction of sp³-hybridized carbons (Fsp3) is 0.533. The molecule has 1 heterocycles. The Morgan fingerprint density at radius 3 is 2.70 bits per heavy atom. The maximum absolute atomic E-state index is 12.3. The molecule has 110 valence electrons. The number of rotatable bonds is 5. The first-order valence-corrected chi connectivity index (χ1v) is 7.55. The molecule has 5 heteroatoms. The molecule has 1 aliphatic heterocycles. The lowest BCUT2D eigenvalue weighted by Gasteiger charge is -2.31. The largest absolute Gasteiger partial charge is 0.384 e. The number of methoxy groups -OCH3 is 1. The van der Waals surface area contributed by atoms with E-state index in [1.54, 1.807) is 25.3 Å². The molecule has 0 N–H and O–H groups in total. The third-order valence-corrected chi connectivity index (χ3v) is 4.27. The molecular weight excluding hydrogens is 297 g/mol. The van der Waals surface area contributed by atoms with E-state index in [-0.39, 0.29) is 5.78 Å². The lowest BCUT2D eigenvalue weighted by atomic mass is 9.97. The third-order valence-electron chi connectivity index (χ3n) is 3.71. The molecule has 0 aliphatic carbocycles. The van der Waals surface area contributed by atoms with Crippen molar-refractivity contribution in [3.63, 3.8) is 0 Å². The minimum absolute atomic E-state index is 0.0303. The first kappa shape index (κ1) is 15.8. The Morgan fingerprint density at radius 2 is 2.05 bits per heavy atom. The predicted octanol–water partition coefficient (Wildman–Crippen LogP) is 3.53. The summed E-state index contributed by atoms with van der Waals surface area (Å²) in [6, 6.07) is 5.00. The van der Waals surface area contributed by atoms with Gasteiger partial charge in [-0.15, -0.1) is 0 Å². The smallest absolute Gasteiger partial charge is 0.178 e. The van der Waals surface area contributed by atoms with Crippen LogP contribution in [0.1, 0.15) is 23.2 Å². The van der Waals surface area contributed by atoms with Crippen LogP contribution in [0.5, 0.6) is 0 Å². The summed E-state index contributed by atoms with van der Waals surface area (Å²) in [5.41, 5.74) is 0.512. The minimum Gasteiger partial charge on any atom is -0.384 e. The van der Waals surface area contributed by atoms with Gasteiger partial charge in [0.05, 0.1) is 11.6 Å². The number of carbonyl (C=O) groups is 1. The summed E-state index contributed by atoms with van der Waals surface area (Å²) in [5, 5.41) is 1.00. The number of hydrogen-bond donors (Lipinski definition) is 0. The standard InChI is InChI=1S/C15H19Cl2NO2/c1-20-10-11-4-6-18(7-5-11)9-15(19)13-8-12(16)2-3-14(13)17/h2-3,8,11H,4-7,9-10H2,1H3. The molecule has 0 atom stereocenters. The third kappa shape index (κ3) is 4.19. The van der Waals surface area contributed by atoms with Crippen LogP contribution in [0, 0.1) is 5.92 Å². The van der Waals surface area contributed by atoms with Gasteiger partial charge in [0.2, 0.25) is 0 Å². The second kappa shape index (κ2) is 7.41. The zero-order valence-electron chi connectivity index (χ0n) is 11.6. The monoisotopic (exact) mass is 315 g/mol. The van der Waals surface area contributed by atoms with Crippen LogP contribution in [-0.4, -0.2) is 44.0 Å². The van der Waals surface area contributed by atoms with Crippen molar-refractivity contribution in [2.24, 2.45) is 5.92 Å². The summed E-state index contributed by atoms with van der Waals surface area (Å²) in [5.74, 6) is 0.642. The molecule has 1 aromatic carbocycles. The molecule has 0 aromatic heterocycles. The molecule has 1 saturated heterocycles. The summed E-state index contributed by atoms with van der Waals surface area (Å²) >= 11 is 12.0. The summed E-state index contributed by atoms with van der Waals surface area (Å²) in [6.45, 7) is 3.07. The average Bonchev–Trinajstić information content (AvgIpc) is 2.44. The van der Waals surface area contributed by atoms with Crippen molar-refractivity contribution in [3.8, 4) is 0 Å². The Morgan fingerprint density at radius 1 is 1.35 bits per heavy atom. The van der Waals surface area contributed by atoms with E-state index >= 15 is 0 Å². The van der Waals surface area contributed by atoms with Gasteiger partial charge in [-0.3, -0.25) is 9.69 Å². The number of halogens is 2. The van der Waals surface area contributed by atoms with Gasteiger partial charge in [0.1, 0.15) is 0 Å². The van der Waals surface area contributed by atoms with E-state index in [2.05, 4.69) is 4.90 Å². The number of ether oxygens (including phenoxy) is 1. The van der Waals surface area contributed by atoms with Crippen molar-refractivity contribution in [3.05, 3.63) is 33.8 Å². The molecule has 1 aromatic rings. The van der Waals surface area contributed by atoms with Gasteiger partial charge in [-0.1, -0.05) is 23.2 Å². The number of nitrogens with zero attached hydrogens (tertiary/aromatic N) is 1. The Bertz CT molecular complexity index is 471. The second-order valence-electron chi connectivity index (χ2n) is 5.22. The molecule has 0 bridgehead atoms. The van der Waals surface area contributed by atoms with Gasteiger partial charge in [0.15, 0.2) is 5.78 Å². The topological polar surface area (TPSA) is 29.5 Å². The zero-order valence-corrected chi connectivity index (χ0v) is 13.1. The van der Waals surface area contributed by atoms with E-state index in [0.29, 0.717) is 28.1 Å². The molecule has 3 nitrogen and oxygen atoms in total. The molecule has 0 spiro atoms. The molecule has 20 heavy (non-hydrogen) atoms. The highest BCUT2D eigenvalue weighted by Crippen LogP contribution is 2.22. The first-order valence-electron chi connectivity index (χ1n) is 6.79. The predicted molar refractivity (Wildman–Crippen MR) is 81.8 cm³/mol. The number of Topliss-reactive ketones (excluding diaryl/α,β-unsaturated/α-hetero) is 1. The molecule has 0 saturated carbocycles. The first-order chi connectivity index (χ1) is 9.60. The van der Waals surface area contributed by atoms with Crippen molar-refractivity contribution >= 4 is 29.0 Å². The summed E-state index contributed by atoms with van der Waals surface area (Å²) in [7, 11) is 1.73. The Labute approximate surface area is 129 Å². The van der Waals surface area contributed by atoms with Gasteiger partial charge in [0, 0.05) is 24.3 Å². The normalized spacial score (nSPS) is 17.4. The minimum atomic E-state index is 0.0303. The quantitative estimate of drug-likeness (QED) is 0.778. The molecule has 0 amide bonds. The molecule has 0 unspecified atom stereocenters. The number of likely N-dealkylation sites (tertiary alicyclic amines) is 1. The van der Waals surface area contributed by atoms with Crippen LogP contribution in [0.3, 0.4) is 0 Å². The molecular formula is C15H19Cl2NO2. The lowest BCUT2D eigenvalue weighted by Crippen LogP contribution is -2.38. The van der Waals surface area contributed by atoms with Gasteiger partial charge < -0.3 is 4.74 Å². The highest BCUT2D eigenvalue weighted by Gasteiger charge is 2.22. The van der Waals surface area contributed by atoms with E-state index in [0.717, 1.165) is 32.5 Å². The maximum atomic E-state index is 12.3. The molecule has 0 radical (unpaired) electrons. The Balaban J connectivity index is 1.91. The van der Waals surface area contributed by atoms with E-state index < -0.39 is 0 Å². The zero-order chi connectivity index (χ0) is 14.5. The van der Waals surface area contributed by atoms with E-state index in [9.17, 15) is 4.79 Å². The summed E-state index contributed by atoms with van der Waals surface area (Å²) < 4.78 is 5.18. The van der Waals surface area contributed by atoms with Crippen LogP contribution in [0.25, 0.3) is 0 Å². The van der Waals surface area contributed by atoms with Crippen LogP contribution in [-0.2, 0) is 4.74 Å².